The van der Waals surface area contributed by atoms with E-state index in [0.717, 1.165) is 16.8 Å². The quantitative estimate of drug-likeness (QED) is 0.369. The van der Waals surface area contributed by atoms with E-state index >= 15 is 0 Å². The molecule has 0 aromatic heterocycles. The van der Waals surface area contributed by atoms with Crippen LogP contribution in [0.5, 0.6) is 11.5 Å². The maximum absolute atomic E-state index is 12.9. The standard InChI is InChI=1S/C24H19NO3S2/c1-27-21-14-18(12-13-20(21)28-16-17-8-4-2-5-9-17)15-22-23(26)25(24(29)30-22)19-10-6-3-7-11-19/h2-15H,16H2,1H3. The molecule has 4 nitrogen and oxygen atoms in total. The van der Waals surface area contributed by atoms with Crippen molar-refractivity contribution in [1.29, 1.82) is 0 Å². The average molecular weight is 434 g/mol. The molecule has 1 amide bonds. The predicted molar refractivity (Wildman–Crippen MR) is 126 cm³/mol. The summed E-state index contributed by atoms with van der Waals surface area (Å²) in [5.74, 6) is 1.13. The molecule has 3 aromatic rings. The molecule has 6 heteroatoms. The Balaban J connectivity index is 1.53. The van der Waals surface area contributed by atoms with Gasteiger partial charge in [-0.25, -0.2) is 0 Å². The van der Waals surface area contributed by atoms with Crippen molar-refractivity contribution in [1.82, 2.24) is 0 Å². The first kappa shape index (κ1) is 20.2. The Morgan fingerprint density at radius 2 is 1.67 bits per heavy atom. The van der Waals surface area contributed by atoms with Crippen LogP contribution in [0.25, 0.3) is 6.08 Å². The molecule has 0 spiro atoms. The van der Waals surface area contributed by atoms with Gasteiger partial charge in [-0.15, -0.1) is 0 Å². The summed E-state index contributed by atoms with van der Waals surface area (Å²) in [5, 5.41) is 0. The topological polar surface area (TPSA) is 38.8 Å². The smallest absolute Gasteiger partial charge is 0.270 e. The largest absolute Gasteiger partial charge is 0.493 e. The Hall–Kier alpha value is -3.09. The number of rotatable bonds is 6. The molecule has 1 fully saturated rings. The van der Waals surface area contributed by atoms with Gasteiger partial charge in [-0.2, -0.15) is 0 Å². The minimum absolute atomic E-state index is 0.125. The van der Waals surface area contributed by atoms with Crippen molar-refractivity contribution in [2.24, 2.45) is 0 Å². The van der Waals surface area contributed by atoms with Gasteiger partial charge in [0.15, 0.2) is 15.8 Å². The Morgan fingerprint density at radius 1 is 0.967 bits per heavy atom. The maximum atomic E-state index is 12.9. The van der Waals surface area contributed by atoms with E-state index in [1.54, 1.807) is 12.0 Å². The zero-order valence-electron chi connectivity index (χ0n) is 16.3. The third kappa shape index (κ3) is 4.40. The number of methoxy groups -OCH3 is 1. The third-order valence-electron chi connectivity index (χ3n) is 4.53. The molecule has 0 radical (unpaired) electrons. The number of nitrogens with zero attached hydrogens (tertiary/aromatic N) is 1. The van der Waals surface area contributed by atoms with Crippen LogP contribution in [0.4, 0.5) is 5.69 Å². The zero-order valence-corrected chi connectivity index (χ0v) is 17.9. The van der Waals surface area contributed by atoms with Gasteiger partial charge >= 0.3 is 0 Å². The highest BCUT2D eigenvalue weighted by molar-refractivity contribution is 8.27. The molecular weight excluding hydrogens is 414 g/mol. The lowest BCUT2D eigenvalue weighted by molar-refractivity contribution is -0.113. The summed E-state index contributed by atoms with van der Waals surface area (Å²) < 4.78 is 11.9. The number of carbonyl (C=O) groups excluding carboxylic acids is 1. The van der Waals surface area contributed by atoms with Crippen LogP contribution in [0.3, 0.4) is 0 Å². The van der Waals surface area contributed by atoms with E-state index in [0.29, 0.717) is 27.3 Å². The molecule has 1 aliphatic heterocycles. The molecule has 0 saturated carbocycles. The second-order valence-corrected chi connectivity index (χ2v) is 8.21. The lowest BCUT2D eigenvalue weighted by Crippen LogP contribution is -2.27. The molecule has 0 N–H and O–H groups in total. The van der Waals surface area contributed by atoms with Crippen molar-refractivity contribution in [2.45, 2.75) is 6.61 Å². The maximum Gasteiger partial charge on any atom is 0.270 e. The van der Waals surface area contributed by atoms with Gasteiger partial charge in [0, 0.05) is 0 Å². The molecule has 1 saturated heterocycles. The molecule has 3 aromatic carbocycles. The van der Waals surface area contributed by atoms with Gasteiger partial charge in [0.05, 0.1) is 17.7 Å². The van der Waals surface area contributed by atoms with E-state index in [4.69, 9.17) is 21.7 Å². The van der Waals surface area contributed by atoms with Crippen LogP contribution < -0.4 is 14.4 Å². The van der Waals surface area contributed by atoms with Crippen molar-refractivity contribution in [3.8, 4) is 11.5 Å². The molecule has 1 aliphatic rings. The van der Waals surface area contributed by atoms with E-state index in [9.17, 15) is 4.79 Å². The summed E-state index contributed by atoms with van der Waals surface area (Å²) >= 11 is 6.72. The Labute approximate surface area is 185 Å². The minimum atomic E-state index is -0.125. The van der Waals surface area contributed by atoms with Crippen molar-refractivity contribution >= 4 is 46.0 Å². The summed E-state index contributed by atoms with van der Waals surface area (Å²) in [7, 11) is 1.60. The fourth-order valence-electron chi connectivity index (χ4n) is 3.05. The number of para-hydroxylation sites is 1. The number of hydrogen-bond acceptors (Lipinski definition) is 5. The van der Waals surface area contributed by atoms with Crippen LogP contribution in [0.2, 0.25) is 0 Å². The van der Waals surface area contributed by atoms with Crippen LogP contribution in [-0.2, 0) is 11.4 Å². The van der Waals surface area contributed by atoms with Gasteiger partial charge in [-0.05, 0) is 41.5 Å². The Bertz CT molecular complexity index is 1100. The number of thioether (sulfide) groups is 1. The number of carbonyl (C=O) groups is 1. The fraction of sp³-hybridized carbons (Fsp3) is 0.0833. The molecule has 4 rings (SSSR count). The second kappa shape index (κ2) is 9.15. The predicted octanol–water partition coefficient (Wildman–Crippen LogP) is 5.68. The Kier molecular flexibility index (Phi) is 6.16. The zero-order chi connectivity index (χ0) is 20.9. The molecule has 0 unspecified atom stereocenters. The molecule has 0 aliphatic carbocycles. The van der Waals surface area contributed by atoms with E-state index in [1.807, 2.05) is 84.9 Å². The van der Waals surface area contributed by atoms with Crippen LogP contribution in [0, 0.1) is 0 Å². The van der Waals surface area contributed by atoms with Gasteiger partial charge < -0.3 is 9.47 Å². The number of amides is 1. The van der Waals surface area contributed by atoms with Gasteiger partial charge in [-0.3, -0.25) is 9.69 Å². The molecule has 0 bridgehead atoms. The highest BCUT2D eigenvalue weighted by Crippen LogP contribution is 2.37. The summed E-state index contributed by atoms with van der Waals surface area (Å²) in [6, 6.07) is 25.0. The SMILES string of the molecule is COc1cc(C=C2SC(=S)N(c3ccccc3)C2=O)ccc1OCc1ccccc1. The highest BCUT2D eigenvalue weighted by Gasteiger charge is 2.33. The fourth-order valence-corrected chi connectivity index (χ4v) is 4.35. The Morgan fingerprint density at radius 3 is 2.37 bits per heavy atom. The average Bonchev–Trinajstić information content (AvgIpc) is 3.06. The number of hydrogen-bond donors (Lipinski definition) is 0. The van der Waals surface area contributed by atoms with E-state index in [-0.39, 0.29) is 5.91 Å². The number of anilines is 1. The van der Waals surface area contributed by atoms with Crippen molar-refractivity contribution in [3.05, 3.63) is 94.9 Å². The summed E-state index contributed by atoms with van der Waals surface area (Å²) in [4.78, 5) is 15.0. The van der Waals surface area contributed by atoms with E-state index in [1.165, 1.54) is 11.8 Å². The van der Waals surface area contributed by atoms with Crippen molar-refractivity contribution in [3.63, 3.8) is 0 Å². The van der Waals surface area contributed by atoms with Gasteiger partial charge in [0.2, 0.25) is 0 Å². The van der Waals surface area contributed by atoms with E-state index in [2.05, 4.69) is 0 Å². The molecule has 150 valence electrons. The van der Waals surface area contributed by atoms with Crippen LogP contribution in [0.1, 0.15) is 11.1 Å². The molecule has 0 atom stereocenters. The summed E-state index contributed by atoms with van der Waals surface area (Å²) in [6.07, 6.45) is 1.83. The molecule has 1 heterocycles. The van der Waals surface area contributed by atoms with Gasteiger partial charge in [0.1, 0.15) is 6.61 Å². The monoisotopic (exact) mass is 433 g/mol. The minimum Gasteiger partial charge on any atom is -0.493 e. The number of ether oxygens (including phenoxy) is 2. The lowest BCUT2D eigenvalue weighted by Gasteiger charge is -2.14. The number of benzene rings is 3. The number of thiocarbonyl (C=S) groups is 1. The van der Waals surface area contributed by atoms with Crippen LogP contribution >= 0.6 is 24.0 Å². The highest BCUT2D eigenvalue weighted by atomic mass is 32.2. The van der Waals surface area contributed by atoms with Gasteiger partial charge in [-0.1, -0.05) is 78.6 Å². The van der Waals surface area contributed by atoms with E-state index < -0.39 is 0 Å². The normalized spacial score (nSPS) is 15.0. The third-order valence-corrected chi connectivity index (χ3v) is 5.83. The second-order valence-electron chi connectivity index (χ2n) is 6.54. The molecular formula is C24H19NO3S2. The van der Waals surface area contributed by atoms with Crippen molar-refractivity contribution < 1.29 is 14.3 Å². The summed E-state index contributed by atoms with van der Waals surface area (Å²) in [5.41, 5.74) is 2.69. The first-order chi connectivity index (χ1) is 14.7. The lowest BCUT2D eigenvalue weighted by atomic mass is 10.1. The van der Waals surface area contributed by atoms with Crippen molar-refractivity contribution in [2.75, 3.05) is 12.0 Å². The summed E-state index contributed by atoms with van der Waals surface area (Å²) in [6.45, 7) is 0.451. The van der Waals surface area contributed by atoms with Crippen LogP contribution in [0.15, 0.2) is 83.8 Å². The first-order valence-electron chi connectivity index (χ1n) is 9.33. The van der Waals surface area contributed by atoms with Crippen LogP contribution in [-0.4, -0.2) is 17.3 Å². The van der Waals surface area contributed by atoms with Gasteiger partial charge in [0.25, 0.3) is 5.91 Å². The molecule has 30 heavy (non-hydrogen) atoms. The first-order valence-corrected chi connectivity index (χ1v) is 10.6.